The molecule has 7 heteroatoms. The molecule has 128 valence electrons. The van der Waals surface area contributed by atoms with Crippen molar-refractivity contribution in [3.05, 3.63) is 60.7 Å². The molecule has 0 bridgehead atoms. The van der Waals surface area contributed by atoms with Crippen molar-refractivity contribution in [1.82, 2.24) is 14.7 Å². The summed E-state index contributed by atoms with van der Waals surface area (Å²) in [6, 6.07) is 12.1. The Morgan fingerprint density at radius 2 is 1.80 bits per heavy atom. The van der Waals surface area contributed by atoms with E-state index in [1.54, 1.807) is 18.2 Å². The second-order valence-corrected chi connectivity index (χ2v) is 6.55. The van der Waals surface area contributed by atoms with E-state index in [0.717, 1.165) is 5.56 Å². The number of hydrogen-bond acceptors (Lipinski definition) is 4. The maximum Gasteiger partial charge on any atom is 0.219 e. The van der Waals surface area contributed by atoms with Gasteiger partial charge in [-0.05, 0) is 23.3 Å². The Kier molecular flexibility index (Phi) is 5.16. The van der Waals surface area contributed by atoms with Gasteiger partial charge in [-0.25, -0.2) is 23.3 Å². The predicted molar refractivity (Wildman–Crippen MR) is 97.4 cm³/mol. The minimum Gasteiger partial charge on any atom is -0.368 e. The second-order valence-electron chi connectivity index (χ2n) is 5.29. The highest BCUT2D eigenvalue weighted by Gasteiger charge is 2.13. The van der Waals surface area contributed by atoms with Crippen LogP contribution in [-0.2, 0) is 11.0 Å². The smallest absolute Gasteiger partial charge is 0.219 e. The van der Waals surface area contributed by atoms with Gasteiger partial charge in [0.25, 0.3) is 0 Å². The van der Waals surface area contributed by atoms with E-state index in [4.69, 9.17) is 5.73 Å². The number of nitrogens with two attached hydrogens (primary N) is 1. The highest BCUT2D eigenvalue weighted by molar-refractivity contribution is 7.83. The van der Waals surface area contributed by atoms with Crippen LogP contribution in [0.5, 0.6) is 0 Å². The molecule has 1 heterocycles. The van der Waals surface area contributed by atoms with Crippen LogP contribution in [0, 0.1) is 5.82 Å². The molecule has 0 amide bonds. The molecule has 0 spiro atoms. The molecule has 1 atom stereocenters. The molecule has 0 fully saturated rings. The van der Waals surface area contributed by atoms with Gasteiger partial charge in [-0.2, -0.15) is 0 Å². The largest absolute Gasteiger partial charge is 0.368 e. The van der Waals surface area contributed by atoms with Crippen molar-refractivity contribution < 1.29 is 8.60 Å². The number of aromatic nitrogens is 2. The molecule has 3 rings (SSSR count). The van der Waals surface area contributed by atoms with Gasteiger partial charge >= 0.3 is 0 Å². The molecular weight excluding hydrogens is 339 g/mol. The average molecular weight is 356 g/mol. The summed E-state index contributed by atoms with van der Waals surface area (Å²) >= 11 is 0. The summed E-state index contributed by atoms with van der Waals surface area (Å²) in [6.07, 6.45) is 2.96. The van der Waals surface area contributed by atoms with Gasteiger partial charge in [0.05, 0.1) is 4.90 Å². The van der Waals surface area contributed by atoms with Crippen molar-refractivity contribution in [1.29, 1.82) is 0 Å². The second kappa shape index (κ2) is 7.50. The molecule has 0 aliphatic heterocycles. The van der Waals surface area contributed by atoms with Gasteiger partial charge in [-0.3, -0.25) is 0 Å². The first kappa shape index (κ1) is 17.2. The maximum absolute atomic E-state index is 14.6. The molecule has 0 aliphatic carbocycles. The third-order valence-electron chi connectivity index (χ3n) is 3.63. The molecule has 0 aliphatic rings. The Bertz CT molecular complexity index is 915. The van der Waals surface area contributed by atoms with Gasteiger partial charge in [0.15, 0.2) is 0 Å². The van der Waals surface area contributed by atoms with E-state index in [1.165, 1.54) is 18.5 Å². The van der Waals surface area contributed by atoms with Gasteiger partial charge < -0.3 is 5.73 Å². The number of hydrogen-bond donors (Lipinski definition) is 2. The Balaban J connectivity index is 2.02. The molecule has 25 heavy (non-hydrogen) atoms. The normalized spacial score (nSPS) is 12.1. The fourth-order valence-corrected chi connectivity index (χ4v) is 3.47. The first-order valence-corrected chi connectivity index (χ1v) is 8.87. The number of nitrogens with zero attached hydrogens (tertiary/aromatic N) is 2. The number of nitrogens with one attached hydrogen (secondary N) is 1. The molecule has 1 aromatic heterocycles. The van der Waals surface area contributed by atoms with Gasteiger partial charge in [0.2, 0.25) is 5.95 Å². The van der Waals surface area contributed by atoms with E-state index in [-0.39, 0.29) is 5.95 Å². The first-order valence-electron chi connectivity index (χ1n) is 7.72. The highest BCUT2D eigenvalue weighted by atomic mass is 32.2. The summed E-state index contributed by atoms with van der Waals surface area (Å²) in [4.78, 5) is 8.39. The molecule has 3 aromatic rings. The monoisotopic (exact) mass is 356 g/mol. The fourth-order valence-electron chi connectivity index (χ4n) is 2.47. The number of anilines is 1. The predicted octanol–water partition coefficient (Wildman–Crippen LogP) is 3.16. The Morgan fingerprint density at radius 3 is 2.48 bits per heavy atom. The van der Waals surface area contributed by atoms with E-state index in [9.17, 15) is 8.60 Å². The number of nitrogen functional groups attached to an aromatic ring is 1. The number of rotatable bonds is 5. The van der Waals surface area contributed by atoms with Crippen LogP contribution < -0.4 is 10.5 Å². The molecule has 0 saturated heterocycles. The first-order chi connectivity index (χ1) is 12.1. The Labute approximate surface area is 147 Å². The van der Waals surface area contributed by atoms with Crippen molar-refractivity contribution in [2.75, 3.05) is 12.3 Å². The quantitative estimate of drug-likeness (QED) is 0.736. The molecule has 0 saturated carbocycles. The lowest BCUT2D eigenvalue weighted by Gasteiger charge is -2.11. The third-order valence-corrected chi connectivity index (χ3v) is 4.93. The summed E-state index contributed by atoms with van der Waals surface area (Å²) in [7, 11) is -1.35. The molecule has 3 N–H and O–H groups in total. The van der Waals surface area contributed by atoms with E-state index in [0.29, 0.717) is 28.1 Å². The van der Waals surface area contributed by atoms with Gasteiger partial charge in [0, 0.05) is 30.1 Å². The topological polar surface area (TPSA) is 80.9 Å². The van der Waals surface area contributed by atoms with Crippen LogP contribution >= 0.6 is 0 Å². The van der Waals surface area contributed by atoms with E-state index in [1.807, 2.05) is 25.1 Å². The maximum atomic E-state index is 14.6. The van der Waals surface area contributed by atoms with Crippen LogP contribution in [0.4, 0.5) is 10.3 Å². The van der Waals surface area contributed by atoms with Crippen LogP contribution in [0.15, 0.2) is 59.8 Å². The fraction of sp³-hybridized carbons (Fsp3) is 0.111. The van der Waals surface area contributed by atoms with Gasteiger partial charge in [-0.15, -0.1) is 0 Å². The summed E-state index contributed by atoms with van der Waals surface area (Å²) in [5.41, 5.74) is 7.76. The molecule has 0 radical (unpaired) electrons. The Morgan fingerprint density at radius 1 is 1.08 bits per heavy atom. The molecule has 1 unspecified atom stereocenters. The zero-order chi connectivity index (χ0) is 17.8. The summed E-state index contributed by atoms with van der Waals surface area (Å²) in [5, 5.41) is 0. The van der Waals surface area contributed by atoms with E-state index >= 15 is 0 Å². The van der Waals surface area contributed by atoms with Crippen LogP contribution in [0.2, 0.25) is 0 Å². The lowest BCUT2D eigenvalue weighted by molar-refractivity contribution is 0.631. The van der Waals surface area contributed by atoms with Crippen molar-refractivity contribution in [2.24, 2.45) is 0 Å². The minimum absolute atomic E-state index is 0.139. The van der Waals surface area contributed by atoms with Crippen LogP contribution in [0.3, 0.4) is 0 Å². The number of halogens is 1. The summed E-state index contributed by atoms with van der Waals surface area (Å²) in [6.45, 7) is 2.45. The lowest BCUT2D eigenvalue weighted by atomic mass is 10.0. The Hall–Kier alpha value is -2.64. The summed E-state index contributed by atoms with van der Waals surface area (Å²) < 4.78 is 29.8. The van der Waals surface area contributed by atoms with Crippen molar-refractivity contribution in [3.8, 4) is 22.3 Å². The van der Waals surface area contributed by atoms with Crippen molar-refractivity contribution >= 4 is 16.9 Å². The van der Waals surface area contributed by atoms with E-state index in [2.05, 4.69) is 14.7 Å². The van der Waals surface area contributed by atoms with Crippen LogP contribution in [-0.4, -0.2) is 20.7 Å². The molecular formula is C18H17FN4OS. The van der Waals surface area contributed by atoms with Crippen molar-refractivity contribution in [3.63, 3.8) is 0 Å². The third kappa shape index (κ3) is 3.72. The summed E-state index contributed by atoms with van der Waals surface area (Å²) in [5.74, 6) is -0.268. The average Bonchev–Trinajstić information content (AvgIpc) is 2.63. The lowest BCUT2D eigenvalue weighted by Crippen LogP contribution is -2.16. The van der Waals surface area contributed by atoms with Crippen LogP contribution in [0.25, 0.3) is 22.3 Å². The standard InChI is InChI=1S/C18H17FN4OS/c1-2-23-25(24)17-6-4-3-5-15(17)12-7-8-14(16(19)9-12)13-10-21-18(20)22-11-13/h3-11,23H,2H2,1H3,(H2,20,21,22). The molecule has 2 aromatic carbocycles. The van der Waals surface area contributed by atoms with Crippen molar-refractivity contribution in [2.45, 2.75) is 11.8 Å². The number of benzene rings is 2. The van der Waals surface area contributed by atoms with Crippen LogP contribution in [0.1, 0.15) is 6.92 Å². The zero-order valence-electron chi connectivity index (χ0n) is 13.6. The van der Waals surface area contributed by atoms with Gasteiger partial charge in [-0.1, -0.05) is 37.3 Å². The highest BCUT2D eigenvalue weighted by Crippen LogP contribution is 2.30. The zero-order valence-corrected chi connectivity index (χ0v) is 14.4. The minimum atomic E-state index is -1.35. The van der Waals surface area contributed by atoms with Gasteiger partial charge in [0.1, 0.15) is 16.8 Å². The molecule has 5 nitrogen and oxygen atoms in total. The SMILES string of the molecule is CCNS(=O)c1ccccc1-c1ccc(-c2cnc(N)nc2)c(F)c1. The van der Waals surface area contributed by atoms with E-state index < -0.39 is 16.8 Å².